The van der Waals surface area contributed by atoms with Crippen LogP contribution in [0.2, 0.25) is 0 Å². The molecule has 27 heavy (non-hydrogen) atoms. The van der Waals surface area contributed by atoms with Crippen molar-refractivity contribution in [1.82, 2.24) is 14.7 Å². The van der Waals surface area contributed by atoms with Crippen LogP contribution in [-0.4, -0.2) is 73.3 Å². The van der Waals surface area contributed by atoms with Crippen molar-refractivity contribution in [3.63, 3.8) is 0 Å². The molecule has 0 unspecified atom stereocenters. The normalized spacial score (nSPS) is 15.3. The number of rotatable bonds is 4. The molecular weight excluding hydrogens is 338 g/mol. The van der Waals surface area contributed by atoms with Gasteiger partial charge in [-0.3, -0.25) is 14.5 Å². The van der Waals surface area contributed by atoms with Crippen molar-refractivity contribution < 1.29 is 9.59 Å². The average Bonchev–Trinajstić information content (AvgIpc) is 2.94. The minimum absolute atomic E-state index is 0.0652. The first kappa shape index (κ1) is 19.1. The Balaban J connectivity index is 1.61. The number of hydrogen-bond acceptors (Lipinski definition) is 3. The maximum Gasteiger partial charge on any atom is 0.253 e. The molecule has 3 rings (SSSR count). The zero-order valence-corrected chi connectivity index (χ0v) is 16.1. The number of likely N-dealkylation sites (N-methyl/N-ethyl adjacent to an activating group) is 1. The van der Waals surface area contributed by atoms with Gasteiger partial charge in [0.1, 0.15) is 0 Å². The fourth-order valence-electron chi connectivity index (χ4n) is 3.28. The van der Waals surface area contributed by atoms with Gasteiger partial charge in [-0.15, -0.1) is 0 Å². The van der Waals surface area contributed by atoms with E-state index in [0.717, 1.165) is 37.2 Å². The molecule has 2 amide bonds. The lowest BCUT2D eigenvalue weighted by molar-refractivity contribution is -0.129. The molecule has 5 heteroatoms. The van der Waals surface area contributed by atoms with Gasteiger partial charge in [-0.2, -0.15) is 0 Å². The largest absolute Gasteiger partial charge is 0.348 e. The van der Waals surface area contributed by atoms with Crippen molar-refractivity contribution >= 4 is 11.8 Å². The van der Waals surface area contributed by atoms with Crippen LogP contribution < -0.4 is 0 Å². The summed E-state index contributed by atoms with van der Waals surface area (Å²) in [6.07, 6.45) is 0.883. The second-order valence-corrected chi connectivity index (χ2v) is 7.15. The van der Waals surface area contributed by atoms with E-state index in [1.807, 2.05) is 47.4 Å². The summed E-state index contributed by atoms with van der Waals surface area (Å²) in [6.45, 7) is 3.37. The van der Waals surface area contributed by atoms with Crippen LogP contribution in [0.25, 0.3) is 11.1 Å². The Kier molecular flexibility index (Phi) is 6.24. The minimum atomic E-state index is 0.0652. The predicted octanol–water partition coefficient (Wildman–Crippen LogP) is 2.59. The zero-order valence-electron chi connectivity index (χ0n) is 16.1. The molecule has 142 valence electrons. The molecule has 0 bridgehead atoms. The van der Waals surface area contributed by atoms with Crippen molar-refractivity contribution in [2.24, 2.45) is 0 Å². The van der Waals surface area contributed by atoms with Crippen LogP contribution >= 0.6 is 0 Å². The summed E-state index contributed by atoms with van der Waals surface area (Å²) < 4.78 is 0. The van der Waals surface area contributed by atoms with Crippen LogP contribution in [0.3, 0.4) is 0 Å². The van der Waals surface area contributed by atoms with E-state index in [1.165, 1.54) is 0 Å². The van der Waals surface area contributed by atoms with E-state index in [2.05, 4.69) is 17.0 Å². The molecule has 1 aliphatic heterocycles. The maximum absolute atomic E-state index is 12.9. The van der Waals surface area contributed by atoms with Gasteiger partial charge < -0.3 is 9.80 Å². The van der Waals surface area contributed by atoms with Gasteiger partial charge in [0.05, 0.1) is 6.54 Å². The summed E-state index contributed by atoms with van der Waals surface area (Å²) in [4.78, 5) is 30.4. The van der Waals surface area contributed by atoms with E-state index in [4.69, 9.17) is 0 Å². The summed E-state index contributed by atoms with van der Waals surface area (Å²) in [5.41, 5.74) is 2.97. The van der Waals surface area contributed by atoms with Crippen LogP contribution in [-0.2, 0) is 4.79 Å². The SMILES string of the molecule is CN(C)C(=O)CN1CCCN(C(=O)c2ccc(-c3ccccc3)cc2)CC1. The third-order valence-electron chi connectivity index (χ3n) is 4.97. The summed E-state index contributed by atoms with van der Waals surface area (Å²) >= 11 is 0. The molecule has 0 radical (unpaired) electrons. The van der Waals surface area contributed by atoms with Crippen LogP contribution in [0.1, 0.15) is 16.8 Å². The van der Waals surface area contributed by atoms with Crippen molar-refractivity contribution in [2.75, 3.05) is 46.8 Å². The lowest BCUT2D eigenvalue weighted by atomic mass is 10.0. The Morgan fingerprint density at radius 3 is 2.19 bits per heavy atom. The van der Waals surface area contributed by atoms with Crippen molar-refractivity contribution in [2.45, 2.75) is 6.42 Å². The molecule has 2 aromatic carbocycles. The molecule has 5 nitrogen and oxygen atoms in total. The number of carbonyl (C=O) groups excluding carboxylic acids is 2. The highest BCUT2D eigenvalue weighted by atomic mass is 16.2. The van der Waals surface area contributed by atoms with Gasteiger partial charge in [0.2, 0.25) is 5.91 Å². The van der Waals surface area contributed by atoms with Gasteiger partial charge in [0.25, 0.3) is 5.91 Å². The van der Waals surface area contributed by atoms with E-state index in [9.17, 15) is 9.59 Å². The van der Waals surface area contributed by atoms with E-state index in [-0.39, 0.29) is 11.8 Å². The summed E-state index contributed by atoms with van der Waals surface area (Å²) in [6, 6.07) is 18.0. The quantitative estimate of drug-likeness (QED) is 0.837. The van der Waals surface area contributed by atoms with Crippen molar-refractivity contribution in [3.05, 3.63) is 60.2 Å². The van der Waals surface area contributed by atoms with Gasteiger partial charge in [-0.25, -0.2) is 0 Å². The van der Waals surface area contributed by atoms with Crippen LogP contribution in [0.4, 0.5) is 0 Å². The molecule has 1 saturated heterocycles. The fourth-order valence-corrected chi connectivity index (χ4v) is 3.28. The molecule has 1 heterocycles. The molecule has 2 aromatic rings. The van der Waals surface area contributed by atoms with Gasteiger partial charge in [0, 0.05) is 45.8 Å². The van der Waals surface area contributed by atoms with Crippen LogP contribution in [0.15, 0.2) is 54.6 Å². The van der Waals surface area contributed by atoms with E-state index >= 15 is 0 Å². The molecule has 0 aliphatic carbocycles. The first-order chi connectivity index (χ1) is 13.0. The molecule has 0 saturated carbocycles. The molecule has 0 N–H and O–H groups in total. The highest BCUT2D eigenvalue weighted by Crippen LogP contribution is 2.20. The van der Waals surface area contributed by atoms with Gasteiger partial charge in [-0.1, -0.05) is 42.5 Å². The molecule has 0 atom stereocenters. The second-order valence-electron chi connectivity index (χ2n) is 7.15. The monoisotopic (exact) mass is 365 g/mol. The number of hydrogen-bond donors (Lipinski definition) is 0. The fraction of sp³-hybridized carbons (Fsp3) is 0.364. The third kappa shape index (κ3) is 4.95. The topological polar surface area (TPSA) is 43.9 Å². The Morgan fingerprint density at radius 2 is 1.52 bits per heavy atom. The number of nitrogens with zero attached hydrogens (tertiary/aromatic N) is 3. The molecule has 0 spiro atoms. The average molecular weight is 365 g/mol. The Bertz CT molecular complexity index is 772. The third-order valence-corrected chi connectivity index (χ3v) is 4.97. The number of amides is 2. The van der Waals surface area contributed by atoms with E-state index in [1.54, 1.807) is 19.0 Å². The lowest BCUT2D eigenvalue weighted by Gasteiger charge is -2.23. The van der Waals surface area contributed by atoms with Gasteiger partial charge in [-0.05, 0) is 29.7 Å². The lowest BCUT2D eigenvalue weighted by Crippen LogP contribution is -2.39. The van der Waals surface area contributed by atoms with Crippen LogP contribution in [0.5, 0.6) is 0 Å². The van der Waals surface area contributed by atoms with Gasteiger partial charge >= 0.3 is 0 Å². The number of benzene rings is 2. The molecule has 1 fully saturated rings. The molecule has 0 aromatic heterocycles. The predicted molar refractivity (Wildman–Crippen MR) is 108 cm³/mol. The Labute approximate surface area is 161 Å². The smallest absolute Gasteiger partial charge is 0.253 e. The second kappa shape index (κ2) is 8.82. The molecular formula is C22H27N3O2. The Hall–Kier alpha value is -2.66. The van der Waals surface area contributed by atoms with Crippen molar-refractivity contribution in [1.29, 1.82) is 0 Å². The summed E-state index contributed by atoms with van der Waals surface area (Å²) in [7, 11) is 3.55. The standard InChI is InChI=1S/C22H27N3O2/c1-23(2)21(26)17-24-13-6-14-25(16-15-24)22(27)20-11-9-19(10-12-20)18-7-4-3-5-8-18/h3-5,7-12H,6,13-17H2,1-2H3. The summed E-state index contributed by atoms with van der Waals surface area (Å²) in [5, 5.41) is 0. The maximum atomic E-state index is 12.9. The highest BCUT2D eigenvalue weighted by Gasteiger charge is 2.21. The van der Waals surface area contributed by atoms with Crippen LogP contribution in [0, 0.1) is 0 Å². The zero-order chi connectivity index (χ0) is 19.2. The highest BCUT2D eigenvalue weighted by molar-refractivity contribution is 5.94. The van der Waals surface area contributed by atoms with Gasteiger partial charge in [0.15, 0.2) is 0 Å². The van der Waals surface area contributed by atoms with E-state index < -0.39 is 0 Å². The summed E-state index contributed by atoms with van der Waals surface area (Å²) in [5.74, 6) is 0.168. The minimum Gasteiger partial charge on any atom is -0.348 e. The number of carbonyl (C=O) groups is 2. The first-order valence-corrected chi connectivity index (χ1v) is 9.42. The Morgan fingerprint density at radius 1 is 0.852 bits per heavy atom. The molecule has 1 aliphatic rings. The van der Waals surface area contributed by atoms with Crippen molar-refractivity contribution in [3.8, 4) is 11.1 Å². The van der Waals surface area contributed by atoms with E-state index in [0.29, 0.717) is 18.7 Å². The first-order valence-electron chi connectivity index (χ1n) is 9.42.